The van der Waals surface area contributed by atoms with Crippen molar-refractivity contribution in [1.29, 1.82) is 0 Å². The van der Waals surface area contributed by atoms with E-state index in [1.54, 1.807) is 37.3 Å². The second-order valence-electron chi connectivity index (χ2n) is 6.98. The molecule has 1 N–H and O–H groups in total. The Balaban J connectivity index is 1.79. The van der Waals surface area contributed by atoms with E-state index in [1.807, 2.05) is 6.07 Å². The Hall–Kier alpha value is -2.75. The van der Waals surface area contributed by atoms with Gasteiger partial charge in [-0.1, -0.05) is 30.0 Å². The first-order chi connectivity index (χ1) is 15.5. The lowest BCUT2D eigenvalue weighted by molar-refractivity contribution is 0.0531. The van der Waals surface area contributed by atoms with E-state index in [4.69, 9.17) is 4.74 Å². The number of rotatable bonds is 8. The molecule has 0 fully saturated rings. The summed E-state index contributed by atoms with van der Waals surface area (Å²) in [4.78, 5) is 30.6. The van der Waals surface area contributed by atoms with Gasteiger partial charge < -0.3 is 9.84 Å². The van der Waals surface area contributed by atoms with Crippen molar-refractivity contribution in [2.45, 2.75) is 30.8 Å². The van der Waals surface area contributed by atoms with E-state index >= 15 is 0 Å². The first-order valence-corrected chi connectivity index (χ1v) is 12.0. The molecule has 0 amide bonds. The number of nitrogens with zero attached hydrogens (tertiary/aromatic N) is 2. The SMILES string of the molecule is CCOC(=O)c1sc2cccc(F)c2c1CSc1nc2ccccc2c(=O)n1CCCO. The second-order valence-corrected chi connectivity index (χ2v) is 8.97. The number of esters is 1. The van der Waals surface area contributed by atoms with Gasteiger partial charge in [-0.15, -0.1) is 11.3 Å². The molecule has 0 atom stereocenters. The van der Waals surface area contributed by atoms with Crippen molar-refractivity contribution in [3.05, 3.63) is 69.1 Å². The third-order valence-corrected chi connectivity index (χ3v) is 7.12. The average Bonchev–Trinajstić information content (AvgIpc) is 3.17. The maximum atomic E-state index is 14.7. The van der Waals surface area contributed by atoms with Crippen molar-refractivity contribution in [3.8, 4) is 0 Å². The van der Waals surface area contributed by atoms with Gasteiger partial charge in [-0.3, -0.25) is 9.36 Å². The van der Waals surface area contributed by atoms with Crippen molar-refractivity contribution in [3.63, 3.8) is 0 Å². The Morgan fingerprint density at radius 2 is 2.06 bits per heavy atom. The van der Waals surface area contributed by atoms with Crippen LogP contribution in [0.2, 0.25) is 0 Å². The molecule has 6 nitrogen and oxygen atoms in total. The van der Waals surface area contributed by atoms with Gasteiger partial charge in [0.15, 0.2) is 5.16 Å². The molecule has 0 spiro atoms. The number of thioether (sulfide) groups is 1. The Morgan fingerprint density at radius 3 is 2.84 bits per heavy atom. The molecule has 0 saturated heterocycles. The zero-order valence-electron chi connectivity index (χ0n) is 17.3. The van der Waals surface area contributed by atoms with Crippen LogP contribution in [-0.4, -0.2) is 33.8 Å². The van der Waals surface area contributed by atoms with Gasteiger partial charge in [0.2, 0.25) is 0 Å². The molecule has 0 saturated carbocycles. The molecule has 32 heavy (non-hydrogen) atoms. The molecule has 0 aliphatic carbocycles. The summed E-state index contributed by atoms with van der Waals surface area (Å²) in [5.74, 6) is -0.666. The summed E-state index contributed by atoms with van der Waals surface area (Å²) in [5.41, 5.74) is 0.897. The number of ether oxygens (including phenoxy) is 1. The van der Waals surface area contributed by atoms with E-state index in [0.29, 0.717) is 49.6 Å². The van der Waals surface area contributed by atoms with Gasteiger partial charge in [-0.05, 0) is 43.2 Å². The van der Waals surface area contributed by atoms with Gasteiger partial charge in [-0.2, -0.15) is 0 Å². The number of carbonyl (C=O) groups is 1. The molecule has 166 valence electrons. The molecule has 0 aliphatic rings. The number of aromatic nitrogens is 2. The number of halogens is 1. The minimum absolute atomic E-state index is 0.0588. The topological polar surface area (TPSA) is 81.4 Å². The highest BCUT2D eigenvalue weighted by atomic mass is 32.2. The van der Waals surface area contributed by atoms with E-state index in [0.717, 1.165) is 0 Å². The summed E-state index contributed by atoms with van der Waals surface area (Å²) in [6.07, 6.45) is 0.400. The quantitative estimate of drug-likeness (QED) is 0.229. The van der Waals surface area contributed by atoms with E-state index in [2.05, 4.69) is 4.98 Å². The molecular weight excluding hydrogens is 451 g/mol. The molecular formula is C23H21FN2O4S2. The van der Waals surface area contributed by atoms with Crippen LogP contribution >= 0.6 is 23.1 Å². The molecule has 2 heterocycles. The van der Waals surface area contributed by atoms with Gasteiger partial charge in [0.1, 0.15) is 10.7 Å². The van der Waals surface area contributed by atoms with Crippen LogP contribution < -0.4 is 5.56 Å². The standard InChI is InChI=1S/C23H21FN2O4S2/c1-2-30-22(29)20-15(19-16(24)8-5-10-18(19)32-20)13-31-23-25-17-9-4-3-7-14(17)21(28)26(23)11-6-12-27/h3-5,7-10,27H,2,6,11-13H2,1H3. The van der Waals surface area contributed by atoms with Crippen LogP contribution in [-0.2, 0) is 17.0 Å². The fraction of sp³-hybridized carbons (Fsp3) is 0.261. The first kappa shape index (κ1) is 22.4. The van der Waals surface area contributed by atoms with Crippen LogP contribution in [0.3, 0.4) is 0 Å². The lowest BCUT2D eigenvalue weighted by Gasteiger charge is -2.13. The zero-order chi connectivity index (χ0) is 22.7. The number of hydrogen-bond donors (Lipinski definition) is 1. The van der Waals surface area contributed by atoms with Crippen molar-refractivity contribution in [2.75, 3.05) is 13.2 Å². The van der Waals surface area contributed by atoms with Gasteiger partial charge in [0.25, 0.3) is 5.56 Å². The second kappa shape index (κ2) is 9.81. The fourth-order valence-corrected chi connectivity index (χ4v) is 5.76. The Bertz CT molecular complexity index is 1350. The van der Waals surface area contributed by atoms with E-state index in [9.17, 15) is 19.1 Å². The molecule has 2 aromatic heterocycles. The predicted molar refractivity (Wildman–Crippen MR) is 125 cm³/mol. The van der Waals surface area contributed by atoms with Crippen LogP contribution in [0.1, 0.15) is 28.6 Å². The van der Waals surface area contributed by atoms with Crippen LogP contribution in [0.25, 0.3) is 21.0 Å². The molecule has 0 radical (unpaired) electrons. The summed E-state index contributed by atoms with van der Waals surface area (Å²) < 4.78 is 22.1. The van der Waals surface area contributed by atoms with Gasteiger partial charge in [-0.25, -0.2) is 14.2 Å². The van der Waals surface area contributed by atoms with Crippen molar-refractivity contribution >= 4 is 50.1 Å². The highest BCUT2D eigenvalue weighted by molar-refractivity contribution is 7.98. The van der Waals surface area contributed by atoms with E-state index in [1.165, 1.54) is 33.7 Å². The number of fused-ring (bicyclic) bond motifs is 2. The number of para-hydroxylation sites is 1. The highest BCUT2D eigenvalue weighted by Gasteiger charge is 2.23. The fourth-order valence-electron chi connectivity index (χ4n) is 3.49. The van der Waals surface area contributed by atoms with Gasteiger partial charge in [0, 0.05) is 29.0 Å². The van der Waals surface area contributed by atoms with Crippen LogP contribution in [0.4, 0.5) is 4.39 Å². The van der Waals surface area contributed by atoms with Crippen LogP contribution in [0.5, 0.6) is 0 Å². The van der Waals surface area contributed by atoms with Crippen molar-refractivity contribution < 1.29 is 19.0 Å². The van der Waals surface area contributed by atoms with Gasteiger partial charge in [0.05, 0.1) is 17.5 Å². The third kappa shape index (κ3) is 4.28. The molecule has 0 unspecified atom stereocenters. The lowest BCUT2D eigenvalue weighted by Crippen LogP contribution is -2.24. The zero-order valence-corrected chi connectivity index (χ0v) is 19.0. The minimum atomic E-state index is -0.493. The number of aliphatic hydroxyl groups is 1. The smallest absolute Gasteiger partial charge is 0.348 e. The molecule has 0 bridgehead atoms. The number of benzene rings is 2. The molecule has 4 aromatic rings. The monoisotopic (exact) mass is 472 g/mol. The molecule has 4 rings (SSSR count). The third-order valence-electron chi connectivity index (χ3n) is 4.94. The lowest BCUT2D eigenvalue weighted by atomic mass is 10.1. The number of hydrogen-bond acceptors (Lipinski definition) is 7. The molecule has 0 aliphatic heterocycles. The summed E-state index contributed by atoms with van der Waals surface area (Å²) in [7, 11) is 0. The highest BCUT2D eigenvalue weighted by Crippen LogP contribution is 2.37. The summed E-state index contributed by atoms with van der Waals surface area (Å²) in [6.45, 7) is 2.18. The van der Waals surface area contributed by atoms with Crippen LogP contribution in [0.15, 0.2) is 52.4 Å². The maximum absolute atomic E-state index is 14.7. The van der Waals surface area contributed by atoms with Crippen molar-refractivity contribution in [2.24, 2.45) is 0 Å². The average molecular weight is 473 g/mol. The Morgan fingerprint density at radius 1 is 1.25 bits per heavy atom. The number of aliphatic hydroxyl groups excluding tert-OH is 1. The predicted octanol–water partition coefficient (Wildman–Crippen LogP) is 4.60. The minimum Gasteiger partial charge on any atom is -0.462 e. The Kier molecular flexibility index (Phi) is 6.88. The largest absolute Gasteiger partial charge is 0.462 e. The van der Waals surface area contributed by atoms with Gasteiger partial charge >= 0.3 is 5.97 Å². The van der Waals surface area contributed by atoms with Crippen LogP contribution in [0, 0.1) is 5.82 Å². The normalized spacial score (nSPS) is 11.3. The Labute approximate surface area is 191 Å². The molecule has 2 aromatic carbocycles. The summed E-state index contributed by atoms with van der Waals surface area (Å²) >= 11 is 2.46. The summed E-state index contributed by atoms with van der Waals surface area (Å²) in [5, 5.41) is 10.6. The molecule has 9 heteroatoms. The number of carbonyl (C=O) groups excluding carboxylic acids is 1. The van der Waals surface area contributed by atoms with Crippen molar-refractivity contribution in [1.82, 2.24) is 9.55 Å². The number of thiophene rings is 1. The first-order valence-electron chi connectivity index (χ1n) is 10.1. The van der Waals surface area contributed by atoms with E-state index in [-0.39, 0.29) is 24.5 Å². The van der Waals surface area contributed by atoms with E-state index < -0.39 is 11.8 Å². The summed E-state index contributed by atoms with van der Waals surface area (Å²) in [6, 6.07) is 11.8. The maximum Gasteiger partial charge on any atom is 0.348 e.